The van der Waals surface area contributed by atoms with Crippen LogP contribution in [0.1, 0.15) is 12.6 Å². The Kier molecular flexibility index (Phi) is 4.60. The van der Waals surface area contributed by atoms with E-state index in [9.17, 15) is 4.79 Å². The first-order valence-corrected chi connectivity index (χ1v) is 9.60. The van der Waals surface area contributed by atoms with Gasteiger partial charge in [-0.2, -0.15) is 0 Å². The summed E-state index contributed by atoms with van der Waals surface area (Å²) in [6.07, 6.45) is 0. The third-order valence-electron chi connectivity index (χ3n) is 3.57. The van der Waals surface area contributed by atoms with Crippen molar-refractivity contribution in [2.75, 3.05) is 10.6 Å². The van der Waals surface area contributed by atoms with E-state index in [0.717, 1.165) is 32.6 Å². The van der Waals surface area contributed by atoms with E-state index in [1.165, 1.54) is 29.6 Å². The van der Waals surface area contributed by atoms with Crippen molar-refractivity contribution in [1.82, 2.24) is 30.6 Å². The van der Waals surface area contributed by atoms with Gasteiger partial charge in [-0.25, -0.2) is 15.1 Å². The lowest BCUT2D eigenvalue weighted by atomic mass is 10.2. The van der Waals surface area contributed by atoms with Gasteiger partial charge < -0.3 is 10.6 Å². The first-order valence-electron chi connectivity index (χ1n) is 7.90. The summed E-state index contributed by atoms with van der Waals surface area (Å²) in [5.41, 5.74) is 3.48. The Hall–Kier alpha value is -3.18. The lowest BCUT2D eigenvalue weighted by Crippen LogP contribution is -2.04. The molecule has 4 aromatic rings. The standard InChI is InChI=1S/C16H14N8OS2/c1-8-13(27-16(17-8)18-9(2)25)12-7-26-15(20-12)19-11-5-3-10(4-6-11)14-21-23-24-22-14/h3-7H,1-2H3,(H,19,20)(H,17,18,25)(H,21,22,23,24). The lowest BCUT2D eigenvalue weighted by Gasteiger charge is -2.03. The fourth-order valence-corrected chi connectivity index (χ4v) is 4.16. The van der Waals surface area contributed by atoms with Gasteiger partial charge >= 0.3 is 0 Å². The van der Waals surface area contributed by atoms with E-state index in [1.807, 2.05) is 36.6 Å². The molecule has 0 unspecified atom stereocenters. The molecule has 0 bridgehead atoms. The normalized spacial score (nSPS) is 10.7. The van der Waals surface area contributed by atoms with Crippen molar-refractivity contribution in [3.8, 4) is 22.0 Å². The second-order valence-corrected chi connectivity index (χ2v) is 7.46. The van der Waals surface area contributed by atoms with Gasteiger partial charge in [-0.05, 0) is 41.6 Å². The summed E-state index contributed by atoms with van der Waals surface area (Å²) < 4.78 is 0. The number of anilines is 3. The molecule has 4 rings (SSSR count). The molecule has 9 nitrogen and oxygen atoms in total. The molecule has 3 N–H and O–H groups in total. The molecule has 0 atom stereocenters. The molecular formula is C16H14N8OS2. The topological polar surface area (TPSA) is 121 Å². The maximum absolute atomic E-state index is 11.2. The molecule has 3 heterocycles. The number of hydrogen-bond acceptors (Lipinski definition) is 9. The minimum absolute atomic E-state index is 0.138. The highest BCUT2D eigenvalue weighted by atomic mass is 32.1. The Labute approximate surface area is 161 Å². The number of thiazole rings is 2. The van der Waals surface area contributed by atoms with E-state index >= 15 is 0 Å². The average molecular weight is 398 g/mol. The van der Waals surface area contributed by atoms with E-state index < -0.39 is 0 Å². The largest absolute Gasteiger partial charge is 0.332 e. The zero-order chi connectivity index (χ0) is 18.8. The molecule has 0 aliphatic rings. The van der Waals surface area contributed by atoms with Gasteiger partial charge in [0.2, 0.25) is 5.91 Å². The summed E-state index contributed by atoms with van der Waals surface area (Å²) in [4.78, 5) is 21.1. The van der Waals surface area contributed by atoms with Crippen LogP contribution < -0.4 is 10.6 Å². The van der Waals surface area contributed by atoms with Crippen molar-refractivity contribution in [2.24, 2.45) is 0 Å². The second kappa shape index (κ2) is 7.21. The van der Waals surface area contributed by atoms with Crippen molar-refractivity contribution in [1.29, 1.82) is 0 Å². The summed E-state index contributed by atoms with van der Waals surface area (Å²) in [5, 5.41) is 23.1. The molecule has 0 spiro atoms. The SMILES string of the molecule is CC(=O)Nc1nc(C)c(-c2csc(Nc3ccc(-c4nnn[nH]4)cc3)n2)s1. The molecule has 1 aromatic carbocycles. The molecule has 0 radical (unpaired) electrons. The van der Waals surface area contributed by atoms with Crippen molar-refractivity contribution >= 4 is 44.5 Å². The molecule has 3 aromatic heterocycles. The van der Waals surface area contributed by atoms with Gasteiger partial charge in [0.15, 0.2) is 16.1 Å². The third-order valence-corrected chi connectivity index (χ3v) is 5.42. The van der Waals surface area contributed by atoms with Crippen molar-refractivity contribution < 1.29 is 4.79 Å². The van der Waals surface area contributed by atoms with Gasteiger partial charge in [0.25, 0.3) is 0 Å². The maximum atomic E-state index is 11.2. The summed E-state index contributed by atoms with van der Waals surface area (Å²) in [6.45, 7) is 3.37. The molecule has 0 aliphatic heterocycles. The van der Waals surface area contributed by atoms with E-state index in [2.05, 4.69) is 41.2 Å². The highest BCUT2D eigenvalue weighted by molar-refractivity contribution is 7.20. The number of aromatic amines is 1. The summed E-state index contributed by atoms with van der Waals surface area (Å²) >= 11 is 2.92. The molecule has 11 heteroatoms. The molecular weight excluding hydrogens is 384 g/mol. The van der Waals surface area contributed by atoms with Gasteiger partial charge in [0.05, 0.1) is 16.3 Å². The van der Waals surface area contributed by atoms with Gasteiger partial charge in [0.1, 0.15) is 0 Å². The highest BCUT2D eigenvalue weighted by Crippen LogP contribution is 2.35. The molecule has 27 heavy (non-hydrogen) atoms. The van der Waals surface area contributed by atoms with E-state index in [1.54, 1.807) is 0 Å². The number of H-pyrrole nitrogens is 1. The van der Waals surface area contributed by atoms with Gasteiger partial charge in [0, 0.05) is 23.6 Å². The number of nitrogens with zero attached hydrogens (tertiary/aromatic N) is 5. The summed E-state index contributed by atoms with van der Waals surface area (Å²) in [6, 6.07) is 7.72. The fraction of sp³-hybridized carbons (Fsp3) is 0.125. The van der Waals surface area contributed by atoms with Crippen molar-refractivity contribution in [3.05, 3.63) is 35.3 Å². The molecule has 0 saturated heterocycles. The lowest BCUT2D eigenvalue weighted by molar-refractivity contribution is -0.114. The van der Waals surface area contributed by atoms with E-state index in [4.69, 9.17) is 0 Å². The number of benzene rings is 1. The Balaban J connectivity index is 1.50. The monoisotopic (exact) mass is 398 g/mol. The van der Waals surface area contributed by atoms with Gasteiger partial charge in [-0.3, -0.25) is 4.79 Å². The Bertz CT molecular complexity index is 1070. The smallest absolute Gasteiger partial charge is 0.223 e. The predicted molar refractivity (Wildman–Crippen MR) is 105 cm³/mol. The van der Waals surface area contributed by atoms with Gasteiger partial charge in [-0.1, -0.05) is 11.3 Å². The summed E-state index contributed by atoms with van der Waals surface area (Å²) in [5.74, 6) is 0.481. The maximum Gasteiger partial charge on any atom is 0.223 e. The van der Waals surface area contributed by atoms with Crippen LogP contribution in [0.25, 0.3) is 22.0 Å². The highest BCUT2D eigenvalue weighted by Gasteiger charge is 2.14. The first-order chi connectivity index (χ1) is 13.1. The molecule has 0 saturated carbocycles. The number of nitrogens with one attached hydrogen (secondary N) is 3. The second-order valence-electron chi connectivity index (χ2n) is 5.60. The van der Waals surface area contributed by atoms with Crippen LogP contribution in [0, 0.1) is 6.92 Å². The Morgan fingerprint density at radius 1 is 1.15 bits per heavy atom. The number of aromatic nitrogens is 6. The van der Waals surface area contributed by atoms with Crippen LogP contribution in [0.3, 0.4) is 0 Å². The zero-order valence-electron chi connectivity index (χ0n) is 14.3. The van der Waals surface area contributed by atoms with Crippen molar-refractivity contribution in [2.45, 2.75) is 13.8 Å². The van der Waals surface area contributed by atoms with Crippen molar-refractivity contribution in [3.63, 3.8) is 0 Å². The van der Waals surface area contributed by atoms with Crippen LogP contribution in [0.2, 0.25) is 0 Å². The number of tetrazole rings is 1. The van der Waals surface area contributed by atoms with Crippen LogP contribution in [-0.4, -0.2) is 36.5 Å². The average Bonchev–Trinajstić information content (AvgIpc) is 3.37. The van der Waals surface area contributed by atoms with Gasteiger partial charge in [-0.15, -0.1) is 16.4 Å². The fourth-order valence-electron chi connectivity index (χ4n) is 2.39. The van der Waals surface area contributed by atoms with Crippen LogP contribution in [-0.2, 0) is 4.79 Å². The first kappa shape index (κ1) is 17.2. The minimum atomic E-state index is -0.138. The molecule has 0 fully saturated rings. The number of carbonyl (C=O) groups excluding carboxylic acids is 1. The minimum Gasteiger partial charge on any atom is -0.332 e. The number of rotatable bonds is 5. The van der Waals surface area contributed by atoms with Crippen LogP contribution in [0.5, 0.6) is 0 Å². The Morgan fingerprint density at radius 3 is 2.67 bits per heavy atom. The number of carbonyl (C=O) groups is 1. The van der Waals surface area contributed by atoms with E-state index in [0.29, 0.717) is 11.0 Å². The molecule has 136 valence electrons. The molecule has 0 aliphatic carbocycles. The third kappa shape index (κ3) is 3.83. The van der Waals surface area contributed by atoms with Crippen LogP contribution in [0.15, 0.2) is 29.6 Å². The quantitative estimate of drug-likeness (QED) is 0.471. The molecule has 1 amide bonds. The predicted octanol–water partition coefficient (Wildman–Crippen LogP) is 3.46. The number of aryl methyl sites for hydroxylation is 1. The van der Waals surface area contributed by atoms with Crippen LogP contribution >= 0.6 is 22.7 Å². The van der Waals surface area contributed by atoms with E-state index in [-0.39, 0.29) is 5.91 Å². The zero-order valence-corrected chi connectivity index (χ0v) is 16.0. The van der Waals surface area contributed by atoms with Crippen LogP contribution in [0.4, 0.5) is 16.0 Å². The number of hydrogen-bond donors (Lipinski definition) is 3. The number of amides is 1. The summed E-state index contributed by atoms with van der Waals surface area (Å²) in [7, 11) is 0. The Morgan fingerprint density at radius 2 is 1.96 bits per heavy atom.